The van der Waals surface area contributed by atoms with Crippen molar-refractivity contribution < 1.29 is 19.4 Å². The van der Waals surface area contributed by atoms with Gasteiger partial charge >= 0.3 is 5.97 Å². The molecule has 2 N–H and O–H groups in total. The van der Waals surface area contributed by atoms with E-state index in [0.29, 0.717) is 5.92 Å². The summed E-state index contributed by atoms with van der Waals surface area (Å²) in [5, 5.41) is 11.8. The van der Waals surface area contributed by atoms with E-state index in [9.17, 15) is 9.59 Å². The fourth-order valence-corrected chi connectivity index (χ4v) is 2.65. The Labute approximate surface area is 157 Å². The summed E-state index contributed by atoms with van der Waals surface area (Å²) in [5.74, 6) is -0.921. The van der Waals surface area contributed by atoms with Crippen molar-refractivity contribution >= 4 is 35.2 Å². The summed E-state index contributed by atoms with van der Waals surface area (Å²) in [6.45, 7) is 4.23. The highest BCUT2D eigenvalue weighted by atomic mass is 35.5. The van der Waals surface area contributed by atoms with Gasteiger partial charge in [-0.25, -0.2) is 4.79 Å². The van der Waals surface area contributed by atoms with Gasteiger partial charge in [-0.2, -0.15) is 0 Å². The first-order valence-corrected chi connectivity index (χ1v) is 8.39. The summed E-state index contributed by atoms with van der Waals surface area (Å²) in [4.78, 5) is 23.3. The van der Waals surface area contributed by atoms with Gasteiger partial charge in [0.25, 0.3) is 0 Å². The zero-order valence-corrected chi connectivity index (χ0v) is 15.5. The SMILES string of the molecule is COc1c(Cl)cc(C(=O)O)cc1NC(=O)/C=C/c1ccc(C(C)C)cc1. The Morgan fingerprint density at radius 1 is 1.19 bits per heavy atom. The van der Waals surface area contributed by atoms with Gasteiger partial charge in [-0.15, -0.1) is 0 Å². The van der Waals surface area contributed by atoms with Crippen molar-refractivity contribution in [2.45, 2.75) is 19.8 Å². The van der Waals surface area contributed by atoms with Crippen molar-refractivity contribution in [1.82, 2.24) is 0 Å². The predicted molar refractivity (Wildman–Crippen MR) is 103 cm³/mol. The predicted octanol–water partition coefficient (Wildman–Crippen LogP) is 4.82. The maximum absolute atomic E-state index is 12.2. The number of carbonyl (C=O) groups is 2. The van der Waals surface area contributed by atoms with Crippen molar-refractivity contribution in [3.8, 4) is 5.75 Å². The summed E-state index contributed by atoms with van der Waals surface area (Å²) in [7, 11) is 1.39. The summed E-state index contributed by atoms with van der Waals surface area (Å²) in [6.07, 6.45) is 3.04. The molecule has 1 amide bonds. The van der Waals surface area contributed by atoms with Crippen molar-refractivity contribution in [1.29, 1.82) is 0 Å². The topological polar surface area (TPSA) is 75.6 Å². The maximum atomic E-state index is 12.2. The molecule has 2 aromatic rings. The molecule has 0 saturated carbocycles. The van der Waals surface area contributed by atoms with Crippen LogP contribution in [0.3, 0.4) is 0 Å². The van der Waals surface area contributed by atoms with Crippen molar-refractivity contribution in [2.24, 2.45) is 0 Å². The van der Waals surface area contributed by atoms with E-state index in [1.807, 2.05) is 24.3 Å². The molecular weight excluding hydrogens is 354 g/mol. The number of anilines is 1. The zero-order valence-electron chi connectivity index (χ0n) is 14.7. The average Bonchev–Trinajstić information content (AvgIpc) is 2.60. The van der Waals surface area contributed by atoms with Gasteiger partial charge in [0.2, 0.25) is 5.91 Å². The summed E-state index contributed by atoms with van der Waals surface area (Å²) < 4.78 is 5.15. The van der Waals surface area contributed by atoms with E-state index in [0.717, 1.165) is 5.56 Å². The van der Waals surface area contributed by atoms with E-state index < -0.39 is 11.9 Å². The lowest BCUT2D eigenvalue weighted by Gasteiger charge is -2.11. The van der Waals surface area contributed by atoms with Gasteiger partial charge < -0.3 is 15.2 Å². The molecule has 136 valence electrons. The highest BCUT2D eigenvalue weighted by Gasteiger charge is 2.15. The van der Waals surface area contributed by atoms with Crippen LogP contribution in [-0.4, -0.2) is 24.1 Å². The average molecular weight is 374 g/mol. The number of ether oxygens (including phenoxy) is 1. The third-order valence-electron chi connectivity index (χ3n) is 3.78. The molecule has 0 saturated heterocycles. The van der Waals surface area contributed by atoms with E-state index in [4.69, 9.17) is 21.4 Å². The first kappa shape index (κ1) is 19.5. The lowest BCUT2D eigenvalue weighted by Crippen LogP contribution is -2.10. The lowest BCUT2D eigenvalue weighted by atomic mass is 10.0. The third-order valence-corrected chi connectivity index (χ3v) is 4.06. The van der Waals surface area contributed by atoms with Gasteiger partial charge in [0.15, 0.2) is 5.75 Å². The molecule has 26 heavy (non-hydrogen) atoms. The third kappa shape index (κ3) is 4.86. The summed E-state index contributed by atoms with van der Waals surface area (Å²) in [6, 6.07) is 10.5. The smallest absolute Gasteiger partial charge is 0.335 e. The Kier molecular flexibility index (Phi) is 6.41. The molecule has 0 aliphatic rings. The van der Waals surface area contributed by atoms with E-state index in [1.165, 1.54) is 30.9 Å². The van der Waals surface area contributed by atoms with Crippen LogP contribution in [0.2, 0.25) is 5.02 Å². The normalized spacial score (nSPS) is 11.0. The van der Waals surface area contributed by atoms with Crippen LogP contribution < -0.4 is 10.1 Å². The number of methoxy groups -OCH3 is 1. The zero-order chi connectivity index (χ0) is 19.3. The van der Waals surface area contributed by atoms with Crippen LogP contribution in [0.1, 0.15) is 41.3 Å². The Hall–Kier alpha value is -2.79. The molecule has 0 heterocycles. The molecule has 2 rings (SSSR count). The van der Waals surface area contributed by atoms with Crippen molar-refractivity contribution in [3.05, 3.63) is 64.2 Å². The van der Waals surface area contributed by atoms with E-state index in [2.05, 4.69) is 19.2 Å². The number of rotatable bonds is 6. The Morgan fingerprint density at radius 3 is 2.38 bits per heavy atom. The van der Waals surface area contributed by atoms with E-state index >= 15 is 0 Å². The number of hydrogen-bond donors (Lipinski definition) is 2. The highest BCUT2D eigenvalue weighted by Crippen LogP contribution is 2.34. The number of carbonyl (C=O) groups excluding carboxylic acids is 1. The number of benzene rings is 2. The molecule has 0 unspecified atom stereocenters. The van der Waals surface area contributed by atoms with Crippen LogP contribution in [0.25, 0.3) is 6.08 Å². The molecule has 0 atom stereocenters. The van der Waals surface area contributed by atoms with E-state index in [-0.39, 0.29) is 22.0 Å². The molecule has 0 fully saturated rings. The molecule has 0 aliphatic carbocycles. The second-order valence-electron chi connectivity index (χ2n) is 5.99. The monoisotopic (exact) mass is 373 g/mol. The van der Waals surface area contributed by atoms with Gasteiger partial charge in [-0.1, -0.05) is 49.7 Å². The number of nitrogens with one attached hydrogen (secondary N) is 1. The molecule has 0 spiro atoms. The maximum Gasteiger partial charge on any atom is 0.335 e. The molecule has 5 nitrogen and oxygen atoms in total. The van der Waals surface area contributed by atoms with Crippen LogP contribution in [0.15, 0.2) is 42.5 Å². The first-order valence-electron chi connectivity index (χ1n) is 8.01. The molecule has 0 aromatic heterocycles. The molecule has 2 aromatic carbocycles. The van der Waals surface area contributed by atoms with E-state index in [1.54, 1.807) is 6.08 Å². The number of amides is 1. The quantitative estimate of drug-likeness (QED) is 0.711. The molecule has 0 aliphatic heterocycles. The standard InChI is InChI=1S/C20H20ClNO4/c1-12(2)14-7-4-13(5-8-14)6-9-18(23)22-17-11-15(20(24)25)10-16(21)19(17)26-3/h4-12H,1-3H3,(H,22,23)(H,24,25)/b9-6+. The minimum atomic E-state index is -1.15. The Morgan fingerprint density at radius 2 is 1.85 bits per heavy atom. The van der Waals surface area contributed by atoms with Gasteiger partial charge in [0, 0.05) is 6.08 Å². The van der Waals surface area contributed by atoms with Crippen LogP contribution in [0, 0.1) is 0 Å². The second kappa shape index (κ2) is 8.54. The minimum Gasteiger partial charge on any atom is -0.493 e. The minimum absolute atomic E-state index is 0.0423. The molecule has 0 bridgehead atoms. The van der Waals surface area contributed by atoms with Crippen LogP contribution >= 0.6 is 11.6 Å². The summed E-state index contributed by atoms with van der Waals surface area (Å²) >= 11 is 6.02. The molecule has 0 radical (unpaired) electrons. The number of aromatic carboxylic acids is 1. The lowest BCUT2D eigenvalue weighted by molar-refractivity contribution is -0.111. The van der Waals surface area contributed by atoms with Gasteiger partial charge in [0.1, 0.15) is 0 Å². The summed E-state index contributed by atoms with van der Waals surface area (Å²) in [5.41, 5.74) is 2.26. The van der Waals surface area contributed by atoms with Crippen LogP contribution in [-0.2, 0) is 4.79 Å². The number of hydrogen-bond acceptors (Lipinski definition) is 3. The van der Waals surface area contributed by atoms with Gasteiger partial charge in [-0.05, 0) is 35.3 Å². The largest absolute Gasteiger partial charge is 0.493 e. The first-order chi connectivity index (χ1) is 12.3. The molecular formula is C20H20ClNO4. The van der Waals surface area contributed by atoms with Crippen LogP contribution in [0.5, 0.6) is 5.75 Å². The number of carboxylic acid groups (broad SMARTS) is 1. The Bertz CT molecular complexity index is 842. The Balaban J connectivity index is 2.17. The van der Waals surface area contributed by atoms with Crippen LogP contribution in [0.4, 0.5) is 5.69 Å². The second-order valence-corrected chi connectivity index (χ2v) is 6.40. The molecule has 6 heteroatoms. The van der Waals surface area contributed by atoms with Gasteiger partial charge in [0.05, 0.1) is 23.4 Å². The van der Waals surface area contributed by atoms with Crippen molar-refractivity contribution in [3.63, 3.8) is 0 Å². The fourth-order valence-electron chi connectivity index (χ4n) is 2.36. The number of carboxylic acids is 1. The fraction of sp³-hybridized carbons (Fsp3) is 0.200. The van der Waals surface area contributed by atoms with Crippen molar-refractivity contribution in [2.75, 3.05) is 12.4 Å². The highest BCUT2D eigenvalue weighted by molar-refractivity contribution is 6.33. The van der Waals surface area contributed by atoms with Gasteiger partial charge in [-0.3, -0.25) is 4.79 Å². The number of halogens is 1.